The smallest absolute Gasteiger partial charge is 0.220 e. The number of nitrogens with one attached hydrogen (secondary N) is 1. The van der Waals surface area contributed by atoms with Crippen LogP contribution in [0.3, 0.4) is 0 Å². The summed E-state index contributed by atoms with van der Waals surface area (Å²) in [6, 6.07) is 7.80. The molecule has 0 radical (unpaired) electrons. The van der Waals surface area contributed by atoms with E-state index >= 15 is 0 Å². The predicted octanol–water partition coefficient (Wildman–Crippen LogP) is -0.193. The van der Waals surface area contributed by atoms with Gasteiger partial charge >= 0.3 is 0 Å². The van der Waals surface area contributed by atoms with Crippen molar-refractivity contribution in [1.29, 1.82) is 0 Å². The number of hydrogen-bond donors (Lipinski definition) is 4. The Kier molecular flexibility index (Phi) is 5.89. The van der Waals surface area contributed by atoms with Crippen LogP contribution in [-0.2, 0) is 9.53 Å². The molecule has 162 valence electrons. The fourth-order valence-electron chi connectivity index (χ4n) is 3.60. The van der Waals surface area contributed by atoms with Crippen molar-refractivity contribution in [2.45, 2.75) is 37.3 Å². The monoisotopic (exact) mass is 426 g/mol. The molecule has 1 fully saturated rings. The summed E-state index contributed by atoms with van der Waals surface area (Å²) in [4.78, 5) is 37.0. The van der Waals surface area contributed by atoms with E-state index in [4.69, 9.17) is 10.5 Å². The van der Waals surface area contributed by atoms with Crippen LogP contribution in [0.15, 0.2) is 43.0 Å². The predicted molar refractivity (Wildman–Crippen MR) is 109 cm³/mol. The maximum Gasteiger partial charge on any atom is 0.220 e. The van der Waals surface area contributed by atoms with Crippen molar-refractivity contribution >= 4 is 28.7 Å². The van der Waals surface area contributed by atoms with E-state index in [1.54, 1.807) is 30.3 Å². The Morgan fingerprint density at radius 3 is 2.68 bits per heavy atom. The Bertz CT molecular complexity index is 1090. The average molecular weight is 426 g/mol. The summed E-state index contributed by atoms with van der Waals surface area (Å²) in [5.41, 5.74) is 7.07. The summed E-state index contributed by atoms with van der Waals surface area (Å²) < 4.78 is 7.28. The fourth-order valence-corrected chi connectivity index (χ4v) is 3.60. The zero-order valence-electron chi connectivity index (χ0n) is 16.5. The summed E-state index contributed by atoms with van der Waals surface area (Å²) in [6.07, 6.45) is -0.338. The maximum absolute atomic E-state index is 12.5. The van der Waals surface area contributed by atoms with Crippen molar-refractivity contribution in [2.24, 2.45) is 0 Å². The number of carbonyl (C=O) groups is 2. The molecule has 0 saturated carbocycles. The lowest BCUT2D eigenvalue weighted by Crippen LogP contribution is -2.46. The van der Waals surface area contributed by atoms with E-state index in [0.717, 1.165) is 0 Å². The van der Waals surface area contributed by atoms with E-state index in [0.29, 0.717) is 16.7 Å². The largest absolute Gasteiger partial charge is 0.394 e. The number of rotatable bonds is 7. The lowest BCUT2D eigenvalue weighted by Gasteiger charge is -2.22. The summed E-state index contributed by atoms with van der Waals surface area (Å²) in [6.45, 7) is -0.444. The molecule has 1 aromatic carbocycles. The van der Waals surface area contributed by atoms with Gasteiger partial charge in [0.2, 0.25) is 5.91 Å². The molecule has 3 heterocycles. The third-order valence-electron chi connectivity index (χ3n) is 5.21. The van der Waals surface area contributed by atoms with Crippen molar-refractivity contribution < 1.29 is 24.5 Å². The Labute approximate surface area is 176 Å². The van der Waals surface area contributed by atoms with Gasteiger partial charge in [0.1, 0.15) is 30.1 Å². The number of aromatic nitrogens is 4. The molecule has 4 rings (SSSR count). The first-order valence-corrected chi connectivity index (χ1v) is 9.74. The molecule has 3 aromatic rings. The topological polar surface area (TPSA) is 165 Å². The second-order valence-electron chi connectivity index (χ2n) is 7.20. The minimum Gasteiger partial charge on any atom is -0.394 e. The highest BCUT2D eigenvalue weighted by Crippen LogP contribution is 2.32. The number of benzene rings is 1. The van der Waals surface area contributed by atoms with Gasteiger partial charge in [0.05, 0.1) is 12.9 Å². The molecule has 2 aromatic heterocycles. The fraction of sp³-hybridized carbons (Fsp3) is 0.350. The van der Waals surface area contributed by atoms with Crippen LogP contribution in [0.5, 0.6) is 0 Å². The van der Waals surface area contributed by atoms with Crippen LogP contribution in [0.2, 0.25) is 0 Å². The lowest BCUT2D eigenvalue weighted by molar-refractivity contribution is -0.123. The van der Waals surface area contributed by atoms with E-state index < -0.39 is 37.0 Å². The number of nitrogens with zero attached hydrogens (tertiary/aromatic N) is 4. The van der Waals surface area contributed by atoms with Gasteiger partial charge in [-0.3, -0.25) is 14.2 Å². The zero-order chi connectivity index (χ0) is 22.0. The molecule has 0 bridgehead atoms. The third-order valence-corrected chi connectivity index (χ3v) is 5.21. The van der Waals surface area contributed by atoms with Crippen LogP contribution in [0, 0.1) is 0 Å². The van der Waals surface area contributed by atoms with Gasteiger partial charge < -0.3 is 26.0 Å². The number of carbonyl (C=O) groups excluding carboxylic acids is 2. The van der Waals surface area contributed by atoms with Crippen LogP contribution >= 0.6 is 0 Å². The molecule has 11 nitrogen and oxygen atoms in total. The summed E-state index contributed by atoms with van der Waals surface area (Å²) in [5.74, 6) is -0.406. The number of nitrogens with two attached hydrogens (primary N) is 1. The number of nitrogen functional groups attached to an aromatic ring is 1. The van der Waals surface area contributed by atoms with Gasteiger partial charge in [0.25, 0.3) is 0 Å². The summed E-state index contributed by atoms with van der Waals surface area (Å²) in [7, 11) is 0. The molecule has 1 aliphatic heterocycles. The maximum atomic E-state index is 12.5. The van der Waals surface area contributed by atoms with E-state index in [1.807, 2.05) is 0 Å². The van der Waals surface area contributed by atoms with E-state index in [1.165, 1.54) is 17.2 Å². The van der Waals surface area contributed by atoms with E-state index in [9.17, 15) is 19.8 Å². The number of hydrogen-bond acceptors (Lipinski definition) is 9. The van der Waals surface area contributed by atoms with Crippen molar-refractivity contribution in [2.75, 3.05) is 12.3 Å². The molecule has 1 aliphatic rings. The molecule has 0 aliphatic carbocycles. The van der Waals surface area contributed by atoms with Crippen molar-refractivity contribution in [3.05, 3.63) is 48.5 Å². The first-order chi connectivity index (χ1) is 15.0. The van der Waals surface area contributed by atoms with Gasteiger partial charge in [0, 0.05) is 18.4 Å². The van der Waals surface area contributed by atoms with Crippen molar-refractivity contribution in [3.63, 3.8) is 0 Å². The van der Waals surface area contributed by atoms with Crippen molar-refractivity contribution in [1.82, 2.24) is 24.8 Å². The highest BCUT2D eigenvalue weighted by molar-refractivity contribution is 5.97. The number of Topliss-reactive ketones (excluding diaryl/α,β-unsaturated/α-hetero) is 1. The van der Waals surface area contributed by atoms with Gasteiger partial charge in [0.15, 0.2) is 23.5 Å². The number of imidazole rings is 1. The Morgan fingerprint density at radius 1 is 1.16 bits per heavy atom. The quantitative estimate of drug-likeness (QED) is 0.374. The van der Waals surface area contributed by atoms with Gasteiger partial charge in [-0.2, -0.15) is 0 Å². The molecule has 31 heavy (non-hydrogen) atoms. The van der Waals surface area contributed by atoms with Crippen LogP contribution < -0.4 is 11.1 Å². The standard InChI is InChI=1S/C20H22N6O5/c21-18-16-19(23-9-22-18)26(10-24-16)20-15(17(30)13(8-27)31-20)25-14(29)7-6-12(28)11-4-2-1-3-5-11/h1-5,9-10,13,15,17,20,27,30H,6-8H2,(H,25,29)(H2,21,22,23)/t13-,15-,17-,20-/m1/s1. The highest BCUT2D eigenvalue weighted by Gasteiger charge is 2.45. The first kappa shape index (κ1) is 20.8. The Balaban J connectivity index is 1.50. The molecule has 1 amide bonds. The molecule has 11 heteroatoms. The number of ketones is 1. The van der Waals surface area contributed by atoms with Gasteiger partial charge in [-0.05, 0) is 0 Å². The summed E-state index contributed by atoms with van der Waals surface area (Å²) >= 11 is 0. The minimum atomic E-state index is -1.18. The van der Waals surface area contributed by atoms with Crippen molar-refractivity contribution in [3.8, 4) is 0 Å². The second kappa shape index (κ2) is 8.76. The third kappa shape index (κ3) is 4.10. The molecular formula is C20H22N6O5. The molecule has 4 atom stereocenters. The van der Waals surface area contributed by atoms with Gasteiger partial charge in [-0.25, -0.2) is 15.0 Å². The average Bonchev–Trinajstić information content (AvgIpc) is 3.35. The number of ether oxygens (including phenoxy) is 1. The first-order valence-electron chi connectivity index (χ1n) is 9.74. The van der Waals surface area contributed by atoms with Gasteiger partial charge in [-0.15, -0.1) is 0 Å². The van der Waals surface area contributed by atoms with Crippen LogP contribution in [0.25, 0.3) is 11.2 Å². The zero-order valence-corrected chi connectivity index (χ0v) is 16.5. The van der Waals surface area contributed by atoms with E-state index in [-0.39, 0.29) is 24.4 Å². The number of aliphatic hydroxyl groups is 2. The molecule has 0 unspecified atom stereocenters. The molecule has 1 saturated heterocycles. The molecular weight excluding hydrogens is 404 g/mol. The Morgan fingerprint density at radius 2 is 1.94 bits per heavy atom. The van der Waals surface area contributed by atoms with Gasteiger partial charge in [-0.1, -0.05) is 30.3 Å². The second-order valence-corrected chi connectivity index (χ2v) is 7.20. The Hall–Kier alpha value is -3.41. The SMILES string of the molecule is Nc1ncnc2c1ncn2[C@@H]1O[C@H](CO)[C@@H](O)[C@H]1NC(=O)CCC(=O)c1ccccc1. The molecule has 0 spiro atoms. The minimum absolute atomic E-state index is 0.0192. The number of fused-ring (bicyclic) bond motifs is 1. The van der Waals surface area contributed by atoms with Crippen LogP contribution in [0.1, 0.15) is 29.4 Å². The van der Waals surface area contributed by atoms with E-state index in [2.05, 4.69) is 20.3 Å². The molecule has 5 N–H and O–H groups in total. The number of amides is 1. The summed E-state index contributed by atoms with van der Waals surface area (Å²) in [5, 5.41) is 22.9. The van der Waals surface area contributed by atoms with Crippen LogP contribution in [-0.4, -0.2) is 66.3 Å². The lowest BCUT2D eigenvalue weighted by atomic mass is 10.1. The van der Waals surface area contributed by atoms with Crippen LogP contribution in [0.4, 0.5) is 5.82 Å². The number of anilines is 1. The number of aliphatic hydroxyl groups excluding tert-OH is 2. The normalized spacial score (nSPS) is 23.2. The highest BCUT2D eigenvalue weighted by atomic mass is 16.5.